The molecule has 0 bridgehead atoms. The number of hydrogen-bond donors (Lipinski definition) is 2. The van der Waals surface area contributed by atoms with Crippen molar-refractivity contribution in [1.82, 2.24) is 0 Å². The molecule has 0 radical (unpaired) electrons. The molecule has 3 rings (SSSR count). The summed E-state index contributed by atoms with van der Waals surface area (Å²) in [6, 6.07) is 5.87. The van der Waals surface area contributed by atoms with Crippen LogP contribution in [0.3, 0.4) is 0 Å². The van der Waals surface area contributed by atoms with Crippen molar-refractivity contribution in [2.75, 3.05) is 6.61 Å². The minimum Gasteiger partial charge on any atom is -0.396 e. The molecule has 3 atom stereocenters. The van der Waals surface area contributed by atoms with Crippen molar-refractivity contribution >= 4 is 5.78 Å². The highest BCUT2D eigenvalue weighted by Crippen LogP contribution is 2.57. The fourth-order valence-corrected chi connectivity index (χ4v) is 4.91. The Hall–Kier alpha value is -1.19. The molecule has 0 saturated heterocycles. The topological polar surface area (TPSA) is 57.5 Å². The predicted octanol–water partition coefficient (Wildman–Crippen LogP) is 3.56. The molecule has 0 spiro atoms. The Balaban J connectivity index is 2.14. The molecule has 2 aliphatic rings. The van der Waals surface area contributed by atoms with Crippen molar-refractivity contribution < 1.29 is 15.0 Å². The average Bonchev–Trinajstić information content (AvgIpc) is 2.49. The summed E-state index contributed by atoms with van der Waals surface area (Å²) in [7, 11) is 0. The van der Waals surface area contributed by atoms with E-state index in [9.17, 15) is 15.0 Å². The van der Waals surface area contributed by atoms with Gasteiger partial charge in [0.15, 0.2) is 5.78 Å². The van der Waals surface area contributed by atoms with E-state index in [-0.39, 0.29) is 29.1 Å². The highest BCUT2D eigenvalue weighted by molar-refractivity contribution is 5.99. The standard InChI is InChI=1S/C20H28O3/c1-18(2,23)13-6-7-15-14(10-13)16(22)11-17-19(3,12-21)8-5-9-20(15,17)4/h6-7,10,17,21,23H,5,8-9,11-12H2,1-4H3/t17-,19+,20+/m0/s1. The average molecular weight is 316 g/mol. The van der Waals surface area contributed by atoms with Crippen LogP contribution in [0.5, 0.6) is 0 Å². The van der Waals surface area contributed by atoms with E-state index >= 15 is 0 Å². The van der Waals surface area contributed by atoms with Crippen molar-refractivity contribution in [3.63, 3.8) is 0 Å². The Morgan fingerprint density at radius 2 is 1.96 bits per heavy atom. The van der Waals surface area contributed by atoms with Gasteiger partial charge in [-0.1, -0.05) is 32.4 Å². The third-order valence-electron chi connectivity index (χ3n) is 6.45. The summed E-state index contributed by atoms with van der Waals surface area (Å²) in [5.74, 6) is 0.330. The third kappa shape index (κ3) is 2.45. The fourth-order valence-electron chi connectivity index (χ4n) is 4.91. The van der Waals surface area contributed by atoms with Gasteiger partial charge in [0, 0.05) is 18.6 Å². The Bertz CT molecular complexity index is 643. The number of fused-ring (bicyclic) bond motifs is 3. The van der Waals surface area contributed by atoms with Gasteiger partial charge in [-0.15, -0.1) is 0 Å². The number of Topliss-reactive ketones (excluding diaryl/α,β-unsaturated/α-hetero) is 1. The van der Waals surface area contributed by atoms with Crippen LogP contribution in [0.4, 0.5) is 0 Å². The van der Waals surface area contributed by atoms with Gasteiger partial charge in [-0.05, 0) is 60.6 Å². The smallest absolute Gasteiger partial charge is 0.163 e. The lowest BCUT2D eigenvalue weighted by atomic mass is 9.50. The van der Waals surface area contributed by atoms with Gasteiger partial charge in [-0.3, -0.25) is 4.79 Å². The number of ketones is 1. The first-order valence-corrected chi connectivity index (χ1v) is 8.63. The molecule has 1 aromatic rings. The van der Waals surface area contributed by atoms with Gasteiger partial charge >= 0.3 is 0 Å². The van der Waals surface area contributed by atoms with Crippen LogP contribution in [0, 0.1) is 11.3 Å². The zero-order valence-corrected chi connectivity index (χ0v) is 14.6. The van der Waals surface area contributed by atoms with Gasteiger partial charge in [0.25, 0.3) is 0 Å². The van der Waals surface area contributed by atoms with Gasteiger partial charge in [0.2, 0.25) is 0 Å². The van der Waals surface area contributed by atoms with E-state index in [0.717, 1.165) is 36.0 Å². The largest absolute Gasteiger partial charge is 0.396 e. The molecule has 0 aliphatic heterocycles. The molecule has 1 aromatic carbocycles. The summed E-state index contributed by atoms with van der Waals surface area (Å²) in [6.07, 6.45) is 3.60. The first kappa shape index (κ1) is 16.7. The summed E-state index contributed by atoms with van der Waals surface area (Å²) in [6.45, 7) is 8.00. The quantitative estimate of drug-likeness (QED) is 0.877. The number of rotatable bonds is 2. The third-order valence-corrected chi connectivity index (χ3v) is 6.45. The molecule has 3 heteroatoms. The summed E-state index contributed by atoms with van der Waals surface area (Å²) in [5, 5.41) is 20.2. The Labute approximate surface area is 138 Å². The molecular formula is C20H28O3. The highest BCUT2D eigenvalue weighted by atomic mass is 16.3. The molecular weight excluding hydrogens is 288 g/mol. The van der Waals surface area contributed by atoms with Crippen LogP contribution in [0.15, 0.2) is 18.2 Å². The first-order valence-electron chi connectivity index (χ1n) is 8.63. The zero-order valence-electron chi connectivity index (χ0n) is 14.6. The zero-order chi connectivity index (χ0) is 17.0. The second kappa shape index (κ2) is 5.15. The molecule has 0 unspecified atom stereocenters. The normalized spacial score (nSPS) is 34.0. The summed E-state index contributed by atoms with van der Waals surface area (Å²) >= 11 is 0. The van der Waals surface area contributed by atoms with Gasteiger partial charge < -0.3 is 10.2 Å². The van der Waals surface area contributed by atoms with Gasteiger partial charge in [0.1, 0.15) is 0 Å². The van der Waals surface area contributed by atoms with Gasteiger partial charge in [-0.25, -0.2) is 0 Å². The summed E-state index contributed by atoms with van der Waals surface area (Å²) < 4.78 is 0. The Kier molecular flexibility index (Phi) is 3.73. The van der Waals surface area contributed by atoms with Crippen molar-refractivity contribution in [1.29, 1.82) is 0 Å². The maximum Gasteiger partial charge on any atom is 0.163 e. The maximum absolute atomic E-state index is 12.8. The SMILES string of the molecule is CC(C)(O)c1ccc2c(c1)C(=O)C[C@H]1[C@@](C)(CO)CCC[C@]21C. The predicted molar refractivity (Wildman–Crippen MR) is 90.5 cm³/mol. The van der Waals surface area contributed by atoms with Crippen LogP contribution in [0.2, 0.25) is 0 Å². The minimum atomic E-state index is -0.945. The van der Waals surface area contributed by atoms with E-state index in [1.165, 1.54) is 0 Å². The lowest BCUT2D eigenvalue weighted by molar-refractivity contribution is -0.0142. The van der Waals surface area contributed by atoms with Crippen molar-refractivity contribution in [2.24, 2.45) is 11.3 Å². The number of hydrogen-bond acceptors (Lipinski definition) is 3. The summed E-state index contributed by atoms with van der Waals surface area (Å²) in [5.41, 5.74) is 1.45. The van der Waals surface area contributed by atoms with Crippen LogP contribution >= 0.6 is 0 Å². The van der Waals surface area contributed by atoms with Gasteiger partial charge in [0.05, 0.1) is 5.60 Å². The minimum absolute atomic E-state index is 0.0723. The molecule has 1 saturated carbocycles. The van der Waals surface area contributed by atoms with Crippen LogP contribution in [0.25, 0.3) is 0 Å². The molecule has 126 valence electrons. The second-order valence-corrected chi connectivity index (χ2v) is 8.58. The molecule has 3 nitrogen and oxygen atoms in total. The summed E-state index contributed by atoms with van der Waals surface area (Å²) in [4.78, 5) is 12.8. The highest BCUT2D eigenvalue weighted by Gasteiger charge is 2.53. The molecule has 2 N–H and O–H groups in total. The number of benzene rings is 1. The van der Waals surface area contributed by atoms with Crippen LogP contribution in [-0.4, -0.2) is 22.6 Å². The monoisotopic (exact) mass is 316 g/mol. The Morgan fingerprint density at radius 1 is 1.26 bits per heavy atom. The van der Waals surface area contributed by atoms with Crippen LogP contribution in [0.1, 0.15) is 74.9 Å². The first-order chi connectivity index (χ1) is 10.6. The molecule has 23 heavy (non-hydrogen) atoms. The molecule has 0 heterocycles. The van der Waals surface area contributed by atoms with Crippen LogP contribution in [-0.2, 0) is 11.0 Å². The number of carbonyl (C=O) groups is 1. The van der Waals surface area contributed by atoms with E-state index in [2.05, 4.69) is 13.8 Å². The number of carbonyl (C=O) groups excluding carboxylic acids is 1. The van der Waals surface area contributed by atoms with Crippen LogP contribution < -0.4 is 0 Å². The molecule has 0 aromatic heterocycles. The second-order valence-electron chi connectivity index (χ2n) is 8.58. The van der Waals surface area contributed by atoms with E-state index in [4.69, 9.17) is 0 Å². The van der Waals surface area contributed by atoms with E-state index in [0.29, 0.717) is 6.42 Å². The lowest BCUT2D eigenvalue weighted by Gasteiger charge is -2.54. The lowest BCUT2D eigenvalue weighted by Crippen LogP contribution is -2.51. The van der Waals surface area contributed by atoms with E-state index in [1.54, 1.807) is 13.8 Å². The molecule has 1 fully saturated rings. The van der Waals surface area contributed by atoms with E-state index in [1.807, 2.05) is 18.2 Å². The maximum atomic E-state index is 12.8. The molecule has 2 aliphatic carbocycles. The van der Waals surface area contributed by atoms with Gasteiger partial charge in [-0.2, -0.15) is 0 Å². The Morgan fingerprint density at radius 3 is 2.57 bits per heavy atom. The van der Waals surface area contributed by atoms with Crippen molar-refractivity contribution in [3.05, 3.63) is 34.9 Å². The fraction of sp³-hybridized carbons (Fsp3) is 0.650. The van der Waals surface area contributed by atoms with E-state index < -0.39 is 5.60 Å². The van der Waals surface area contributed by atoms with Crippen molar-refractivity contribution in [2.45, 2.75) is 64.4 Å². The van der Waals surface area contributed by atoms with Crippen molar-refractivity contribution in [3.8, 4) is 0 Å². The number of aliphatic hydroxyl groups excluding tert-OH is 1. The molecule has 0 amide bonds. The number of aliphatic hydroxyl groups is 2.